The summed E-state index contributed by atoms with van der Waals surface area (Å²) in [5.74, 6) is 1.70. The number of pyridine rings is 1. The molecule has 0 radical (unpaired) electrons. The van der Waals surface area contributed by atoms with Crippen LogP contribution in [0.1, 0.15) is 12.8 Å². The molecular formula is C23H27N3O3. The van der Waals surface area contributed by atoms with Crippen LogP contribution in [0.25, 0.3) is 10.9 Å². The summed E-state index contributed by atoms with van der Waals surface area (Å²) in [6, 6.07) is 7.84. The molecule has 29 heavy (non-hydrogen) atoms. The highest BCUT2D eigenvalue weighted by molar-refractivity contribution is 5.96. The van der Waals surface area contributed by atoms with Crippen molar-refractivity contribution in [2.75, 3.05) is 46.4 Å². The average molecular weight is 393 g/mol. The Labute approximate surface area is 171 Å². The molecule has 2 heterocycles. The van der Waals surface area contributed by atoms with E-state index < -0.39 is 0 Å². The van der Waals surface area contributed by atoms with Gasteiger partial charge in [0.05, 0.1) is 18.8 Å². The molecule has 0 unspecified atom stereocenters. The predicted molar refractivity (Wildman–Crippen MR) is 113 cm³/mol. The number of piperazine rings is 1. The molecule has 1 aromatic heterocycles. The van der Waals surface area contributed by atoms with Gasteiger partial charge < -0.3 is 14.4 Å². The number of allylic oxidation sites excluding steroid dienone is 2. The Balaban J connectivity index is 1.28. The minimum absolute atomic E-state index is 0.161. The maximum atomic E-state index is 12.6. The molecule has 1 aromatic carbocycles. The SMILES string of the molecule is COc1cnc2cccc(OCCN3CCN(C(=O)C4=CCCC=C4)CC3)c2c1. The van der Waals surface area contributed by atoms with Gasteiger partial charge in [-0.3, -0.25) is 14.7 Å². The van der Waals surface area contributed by atoms with Crippen LogP contribution in [0.4, 0.5) is 0 Å². The molecule has 2 aromatic rings. The first-order chi connectivity index (χ1) is 14.2. The largest absolute Gasteiger partial charge is 0.495 e. The molecule has 0 N–H and O–H groups in total. The van der Waals surface area contributed by atoms with Crippen LogP contribution in [0.15, 0.2) is 54.3 Å². The van der Waals surface area contributed by atoms with Gasteiger partial charge in [-0.2, -0.15) is 0 Å². The van der Waals surface area contributed by atoms with Gasteiger partial charge in [0.2, 0.25) is 0 Å². The molecule has 6 nitrogen and oxygen atoms in total. The Hall–Kier alpha value is -2.86. The third kappa shape index (κ3) is 4.59. The van der Waals surface area contributed by atoms with E-state index in [-0.39, 0.29) is 5.91 Å². The maximum Gasteiger partial charge on any atom is 0.253 e. The van der Waals surface area contributed by atoms with Crippen LogP contribution in [0, 0.1) is 0 Å². The molecular weight excluding hydrogens is 366 g/mol. The predicted octanol–water partition coefficient (Wildman–Crippen LogP) is 3.04. The molecule has 1 aliphatic carbocycles. The van der Waals surface area contributed by atoms with E-state index in [4.69, 9.17) is 9.47 Å². The molecule has 2 aliphatic rings. The number of rotatable bonds is 6. The summed E-state index contributed by atoms with van der Waals surface area (Å²) in [6.07, 6.45) is 9.80. The Bertz CT molecular complexity index is 930. The summed E-state index contributed by atoms with van der Waals surface area (Å²) in [6.45, 7) is 4.70. The van der Waals surface area contributed by atoms with Crippen molar-refractivity contribution in [1.29, 1.82) is 0 Å². The molecule has 0 atom stereocenters. The Morgan fingerprint density at radius 2 is 2.03 bits per heavy atom. The van der Waals surface area contributed by atoms with Gasteiger partial charge in [0.1, 0.15) is 18.1 Å². The van der Waals surface area contributed by atoms with E-state index in [0.717, 1.165) is 73.5 Å². The minimum Gasteiger partial charge on any atom is -0.495 e. The number of carbonyl (C=O) groups is 1. The van der Waals surface area contributed by atoms with Crippen LogP contribution in [-0.4, -0.2) is 67.1 Å². The fourth-order valence-corrected chi connectivity index (χ4v) is 3.75. The zero-order chi connectivity index (χ0) is 20.1. The van der Waals surface area contributed by atoms with E-state index in [9.17, 15) is 4.79 Å². The second-order valence-corrected chi connectivity index (χ2v) is 7.32. The zero-order valence-corrected chi connectivity index (χ0v) is 16.8. The topological polar surface area (TPSA) is 54.9 Å². The number of methoxy groups -OCH3 is 1. The lowest BCUT2D eigenvalue weighted by Gasteiger charge is -2.35. The lowest BCUT2D eigenvalue weighted by Crippen LogP contribution is -2.49. The first-order valence-corrected chi connectivity index (χ1v) is 10.2. The van der Waals surface area contributed by atoms with Crippen molar-refractivity contribution < 1.29 is 14.3 Å². The molecule has 1 fully saturated rings. The molecule has 4 rings (SSSR count). The standard InChI is InChI=1S/C23H27N3O3/c1-28-19-16-20-21(24-17-19)8-5-9-22(20)29-15-14-25-10-12-26(13-11-25)23(27)18-6-3-2-4-7-18/h3,5-9,16-17H,2,4,10-15H2,1H3. The lowest BCUT2D eigenvalue weighted by atomic mass is 10.1. The van der Waals surface area contributed by atoms with Gasteiger partial charge in [-0.05, 0) is 31.0 Å². The Kier molecular flexibility index (Phi) is 6.10. The van der Waals surface area contributed by atoms with E-state index in [0.29, 0.717) is 6.61 Å². The van der Waals surface area contributed by atoms with Crippen molar-refractivity contribution in [2.24, 2.45) is 0 Å². The lowest BCUT2D eigenvalue weighted by molar-refractivity contribution is -0.128. The monoisotopic (exact) mass is 393 g/mol. The second kappa shape index (κ2) is 9.09. The van der Waals surface area contributed by atoms with Gasteiger partial charge in [-0.15, -0.1) is 0 Å². The van der Waals surface area contributed by atoms with Crippen LogP contribution in [0.5, 0.6) is 11.5 Å². The number of amides is 1. The van der Waals surface area contributed by atoms with Crippen LogP contribution in [0.2, 0.25) is 0 Å². The van der Waals surface area contributed by atoms with Gasteiger partial charge in [0.15, 0.2) is 0 Å². The van der Waals surface area contributed by atoms with E-state index in [1.165, 1.54) is 0 Å². The number of nitrogens with zero attached hydrogens (tertiary/aromatic N) is 3. The Morgan fingerprint density at radius 3 is 2.79 bits per heavy atom. The van der Waals surface area contributed by atoms with Crippen LogP contribution >= 0.6 is 0 Å². The summed E-state index contributed by atoms with van der Waals surface area (Å²) in [7, 11) is 1.64. The third-order valence-electron chi connectivity index (χ3n) is 5.46. The first kappa shape index (κ1) is 19.5. The van der Waals surface area contributed by atoms with Crippen molar-refractivity contribution in [3.8, 4) is 11.5 Å². The number of ether oxygens (including phenoxy) is 2. The number of carbonyl (C=O) groups excluding carboxylic acids is 1. The fourth-order valence-electron chi connectivity index (χ4n) is 3.75. The van der Waals surface area contributed by atoms with Crippen molar-refractivity contribution in [1.82, 2.24) is 14.8 Å². The highest BCUT2D eigenvalue weighted by Crippen LogP contribution is 2.27. The quantitative estimate of drug-likeness (QED) is 0.755. The number of hydrogen-bond acceptors (Lipinski definition) is 5. The van der Waals surface area contributed by atoms with Crippen LogP contribution in [-0.2, 0) is 4.79 Å². The fraction of sp³-hybridized carbons (Fsp3) is 0.391. The van der Waals surface area contributed by atoms with E-state index in [1.807, 2.05) is 35.2 Å². The van der Waals surface area contributed by atoms with Crippen molar-refractivity contribution in [3.05, 3.63) is 54.3 Å². The summed E-state index contributed by atoms with van der Waals surface area (Å²) in [5.41, 5.74) is 1.73. The molecule has 1 saturated heterocycles. The van der Waals surface area contributed by atoms with Gasteiger partial charge in [-0.1, -0.05) is 24.3 Å². The molecule has 0 bridgehead atoms. The molecule has 1 amide bonds. The molecule has 0 spiro atoms. The second-order valence-electron chi connectivity index (χ2n) is 7.32. The normalized spacial score (nSPS) is 17.3. The van der Waals surface area contributed by atoms with E-state index in [2.05, 4.69) is 22.0 Å². The first-order valence-electron chi connectivity index (χ1n) is 10.2. The van der Waals surface area contributed by atoms with Gasteiger partial charge in [0.25, 0.3) is 5.91 Å². The summed E-state index contributed by atoms with van der Waals surface area (Å²) in [4.78, 5) is 21.3. The van der Waals surface area contributed by atoms with Gasteiger partial charge in [0, 0.05) is 43.7 Å². The molecule has 1 aliphatic heterocycles. The zero-order valence-electron chi connectivity index (χ0n) is 16.8. The number of aromatic nitrogens is 1. The number of fused-ring (bicyclic) bond motifs is 1. The highest BCUT2D eigenvalue weighted by Gasteiger charge is 2.22. The van der Waals surface area contributed by atoms with Gasteiger partial charge in [-0.25, -0.2) is 0 Å². The highest BCUT2D eigenvalue weighted by atomic mass is 16.5. The van der Waals surface area contributed by atoms with Crippen LogP contribution in [0.3, 0.4) is 0 Å². The molecule has 0 saturated carbocycles. The van der Waals surface area contributed by atoms with Crippen molar-refractivity contribution in [3.63, 3.8) is 0 Å². The van der Waals surface area contributed by atoms with Crippen molar-refractivity contribution in [2.45, 2.75) is 12.8 Å². The summed E-state index contributed by atoms with van der Waals surface area (Å²) < 4.78 is 11.3. The minimum atomic E-state index is 0.161. The summed E-state index contributed by atoms with van der Waals surface area (Å²) >= 11 is 0. The van der Waals surface area contributed by atoms with Crippen LogP contribution < -0.4 is 9.47 Å². The average Bonchev–Trinajstić information content (AvgIpc) is 2.79. The number of benzene rings is 1. The third-order valence-corrected chi connectivity index (χ3v) is 5.46. The van der Waals surface area contributed by atoms with Crippen molar-refractivity contribution >= 4 is 16.8 Å². The van der Waals surface area contributed by atoms with E-state index >= 15 is 0 Å². The number of hydrogen-bond donors (Lipinski definition) is 0. The molecule has 6 heteroatoms. The maximum absolute atomic E-state index is 12.6. The smallest absolute Gasteiger partial charge is 0.253 e. The molecule has 152 valence electrons. The van der Waals surface area contributed by atoms with Gasteiger partial charge >= 0.3 is 0 Å². The van der Waals surface area contributed by atoms with E-state index in [1.54, 1.807) is 13.3 Å². The summed E-state index contributed by atoms with van der Waals surface area (Å²) in [5, 5.41) is 0.955. The Morgan fingerprint density at radius 1 is 1.17 bits per heavy atom.